The lowest BCUT2D eigenvalue weighted by Gasteiger charge is -2.24. The maximum absolute atomic E-state index is 12.8. The number of hydrogen-bond donors (Lipinski definition) is 0. The number of aromatic nitrogens is 2. The van der Waals surface area contributed by atoms with Crippen LogP contribution in [0.4, 0.5) is 5.69 Å². The van der Waals surface area contributed by atoms with E-state index in [9.17, 15) is 9.59 Å². The third-order valence-corrected chi connectivity index (χ3v) is 4.71. The fourth-order valence-electron chi connectivity index (χ4n) is 3.37. The van der Waals surface area contributed by atoms with E-state index in [1.807, 2.05) is 19.1 Å². The summed E-state index contributed by atoms with van der Waals surface area (Å²) < 4.78 is 1.36. The molecule has 0 saturated carbocycles. The molecule has 1 aromatic heterocycles. The zero-order chi connectivity index (χ0) is 18.5. The zero-order valence-corrected chi connectivity index (χ0v) is 15.5. The number of hydrogen-bond acceptors (Lipinski definition) is 4. The summed E-state index contributed by atoms with van der Waals surface area (Å²) in [5.74, 6) is -0.175. The molecule has 0 N–H and O–H groups in total. The first-order chi connectivity index (χ1) is 12.6. The highest BCUT2D eigenvalue weighted by atomic mass is 16.2. The van der Waals surface area contributed by atoms with Crippen LogP contribution >= 0.6 is 0 Å². The molecule has 2 heterocycles. The highest BCUT2D eigenvalue weighted by Crippen LogP contribution is 2.25. The van der Waals surface area contributed by atoms with Crippen molar-refractivity contribution in [1.29, 1.82) is 0 Å². The molecule has 6 nitrogen and oxygen atoms in total. The molecule has 138 valence electrons. The number of rotatable bonds is 6. The molecule has 0 radical (unpaired) electrons. The third kappa shape index (κ3) is 3.95. The molecule has 0 atom stereocenters. The standard InChI is InChI=1S/C20H26N4O2/c1-3-12-24-19(25)11-10-17(21-24)20(26)22(2)15-16-8-4-5-9-18(16)23-13-6-7-14-23/h4-5,8-11H,3,6-7,12-15H2,1-2H3. The molecular formula is C20H26N4O2. The maximum Gasteiger partial charge on any atom is 0.274 e. The fraction of sp³-hybridized carbons (Fsp3) is 0.450. The van der Waals surface area contributed by atoms with Crippen molar-refractivity contribution in [3.05, 3.63) is 58.0 Å². The van der Waals surface area contributed by atoms with Gasteiger partial charge >= 0.3 is 0 Å². The molecule has 1 aromatic carbocycles. The summed E-state index contributed by atoms with van der Waals surface area (Å²) in [5.41, 5.74) is 2.46. The van der Waals surface area contributed by atoms with Gasteiger partial charge in [0.2, 0.25) is 0 Å². The van der Waals surface area contributed by atoms with Gasteiger partial charge in [-0.25, -0.2) is 4.68 Å². The second-order valence-electron chi connectivity index (χ2n) is 6.76. The molecular weight excluding hydrogens is 328 g/mol. The molecule has 0 aliphatic carbocycles. The minimum atomic E-state index is -0.176. The van der Waals surface area contributed by atoms with Gasteiger partial charge in [0.1, 0.15) is 5.69 Å². The van der Waals surface area contributed by atoms with Crippen LogP contribution in [0.25, 0.3) is 0 Å². The Labute approximate surface area is 154 Å². The van der Waals surface area contributed by atoms with Crippen molar-refractivity contribution in [3.8, 4) is 0 Å². The number of benzene rings is 1. The van der Waals surface area contributed by atoms with Crippen molar-refractivity contribution in [2.45, 2.75) is 39.3 Å². The van der Waals surface area contributed by atoms with E-state index in [0.717, 1.165) is 25.1 Å². The van der Waals surface area contributed by atoms with Crippen LogP contribution in [-0.2, 0) is 13.1 Å². The Morgan fingerprint density at radius 2 is 1.88 bits per heavy atom. The topological polar surface area (TPSA) is 58.4 Å². The average Bonchev–Trinajstić information content (AvgIpc) is 3.18. The smallest absolute Gasteiger partial charge is 0.274 e. The van der Waals surface area contributed by atoms with E-state index in [0.29, 0.717) is 18.8 Å². The predicted octanol–water partition coefficient (Wildman–Crippen LogP) is 2.53. The van der Waals surface area contributed by atoms with Gasteiger partial charge in [-0.05, 0) is 37.0 Å². The Morgan fingerprint density at radius 1 is 1.15 bits per heavy atom. The van der Waals surface area contributed by atoms with E-state index in [1.54, 1.807) is 11.9 Å². The Balaban J connectivity index is 1.78. The lowest BCUT2D eigenvalue weighted by Crippen LogP contribution is -2.31. The van der Waals surface area contributed by atoms with E-state index in [1.165, 1.54) is 35.3 Å². The van der Waals surface area contributed by atoms with Gasteiger partial charge in [0, 0.05) is 45.0 Å². The molecule has 1 amide bonds. The Morgan fingerprint density at radius 3 is 2.62 bits per heavy atom. The maximum atomic E-state index is 12.8. The summed E-state index contributed by atoms with van der Waals surface area (Å²) in [6.45, 7) is 5.14. The largest absolute Gasteiger partial charge is 0.371 e. The lowest BCUT2D eigenvalue weighted by molar-refractivity contribution is 0.0776. The highest BCUT2D eigenvalue weighted by Gasteiger charge is 2.19. The van der Waals surface area contributed by atoms with Crippen LogP contribution in [0.15, 0.2) is 41.2 Å². The number of amides is 1. The van der Waals surface area contributed by atoms with Gasteiger partial charge in [-0.2, -0.15) is 5.10 Å². The first kappa shape index (κ1) is 18.2. The summed E-state index contributed by atoms with van der Waals surface area (Å²) in [7, 11) is 1.78. The summed E-state index contributed by atoms with van der Waals surface area (Å²) >= 11 is 0. The minimum Gasteiger partial charge on any atom is -0.371 e. The van der Waals surface area contributed by atoms with E-state index in [4.69, 9.17) is 0 Å². The lowest BCUT2D eigenvalue weighted by atomic mass is 10.1. The zero-order valence-electron chi connectivity index (χ0n) is 15.5. The average molecular weight is 354 g/mol. The normalized spacial score (nSPS) is 13.8. The second kappa shape index (κ2) is 8.17. The van der Waals surface area contributed by atoms with Crippen LogP contribution in [0.3, 0.4) is 0 Å². The van der Waals surface area contributed by atoms with Crippen molar-refractivity contribution < 1.29 is 4.79 Å². The predicted molar refractivity (Wildman–Crippen MR) is 102 cm³/mol. The number of carbonyl (C=O) groups excluding carboxylic acids is 1. The third-order valence-electron chi connectivity index (χ3n) is 4.71. The summed E-state index contributed by atoms with van der Waals surface area (Å²) in [6, 6.07) is 11.2. The van der Waals surface area contributed by atoms with Crippen LogP contribution in [0, 0.1) is 0 Å². The Bertz CT molecular complexity index is 825. The monoisotopic (exact) mass is 354 g/mol. The van der Waals surface area contributed by atoms with Gasteiger partial charge in [0.15, 0.2) is 0 Å². The van der Waals surface area contributed by atoms with Crippen LogP contribution in [0.5, 0.6) is 0 Å². The van der Waals surface area contributed by atoms with Gasteiger partial charge < -0.3 is 9.80 Å². The molecule has 0 bridgehead atoms. The number of nitrogens with zero attached hydrogens (tertiary/aromatic N) is 4. The fourth-order valence-corrected chi connectivity index (χ4v) is 3.37. The minimum absolute atomic E-state index is 0.175. The van der Waals surface area contributed by atoms with Gasteiger partial charge in [0.05, 0.1) is 0 Å². The Kier molecular flexibility index (Phi) is 5.71. The Hall–Kier alpha value is -2.63. The van der Waals surface area contributed by atoms with Gasteiger partial charge in [-0.1, -0.05) is 25.1 Å². The molecule has 1 fully saturated rings. The van der Waals surface area contributed by atoms with Crippen molar-refractivity contribution in [3.63, 3.8) is 0 Å². The van der Waals surface area contributed by atoms with Crippen molar-refractivity contribution in [2.24, 2.45) is 0 Å². The van der Waals surface area contributed by atoms with Crippen LogP contribution in [-0.4, -0.2) is 40.7 Å². The number of para-hydroxylation sites is 1. The number of aryl methyl sites for hydroxylation is 1. The summed E-state index contributed by atoms with van der Waals surface area (Å²) in [5, 5.41) is 4.23. The summed E-state index contributed by atoms with van der Waals surface area (Å²) in [4.78, 5) is 28.6. The quantitative estimate of drug-likeness (QED) is 0.800. The SMILES string of the molecule is CCCn1nc(C(=O)N(C)Cc2ccccc2N2CCCC2)ccc1=O. The number of anilines is 1. The van der Waals surface area contributed by atoms with E-state index < -0.39 is 0 Å². The second-order valence-corrected chi connectivity index (χ2v) is 6.76. The van der Waals surface area contributed by atoms with E-state index in [-0.39, 0.29) is 11.5 Å². The van der Waals surface area contributed by atoms with E-state index in [2.05, 4.69) is 22.1 Å². The van der Waals surface area contributed by atoms with Crippen molar-refractivity contribution >= 4 is 11.6 Å². The van der Waals surface area contributed by atoms with Gasteiger partial charge in [-0.15, -0.1) is 0 Å². The molecule has 1 saturated heterocycles. The highest BCUT2D eigenvalue weighted by molar-refractivity contribution is 5.91. The van der Waals surface area contributed by atoms with Crippen LogP contribution in [0.2, 0.25) is 0 Å². The van der Waals surface area contributed by atoms with E-state index >= 15 is 0 Å². The number of carbonyl (C=O) groups is 1. The first-order valence-electron chi connectivity index (χ1n) is 9.26. The molecule has 1 aliphatic heterocycles. The molecule has 1 aliphatic rings. The molecule has 3 rings (SSSR count). The molecule has 26 heavy (non-hydrogen) atoms. The van der Waals surface area contributed by atoms with Crippen molar-refractivity contribution in [2.75, 3.05) is 25.0 Å². The molecule has 0 spiro atoms. The van der Waals surface area contributed by atoms with Gasteiger partial charge in [-0.3, -0.25) is 9.59 Å². The molecule has 0 unspecified atom stereocenters. The van der Waals surface area contributed by atoms with Crippen LogP contribution in [0.1, 0.15) is 42.2 Å². The van der Waals surface area contributed by atoms with Gasteiger partial charge in [0.25, 0.3) is 11.5 Å². The summed E-state index contributed by atoms with van der Waals surface area (Å²) in [6.07, 6.45) is 3.22. The first-order valence-corrected chi connectivity index (χ1v) is 9.26. The molecule has 2 aromatic rings. The van der Waals surface area contributed by atoms with Crippen LogP contribution < -0.4 is 10.5 Å². The molecule has 6 heteroatoms. The van der Waals surface area contributed by atoms with Crippen molar-refractivity contribution in [1.82, 2.24) is 14.7 Å².